The van der Waals surface area contributed by atoms with Crippen LogP contribution in [0.1, 0.15) is 0 Å². The van der Waals surface area contributed by atoms with Gasteiger partial charge in [-0.3, -0.25) is 0 Å². The summed E-state index contributed by atoms with van der Waals surface area (Å²) < 4.78 is 9.11. The second-order valence-corrected chi connectivity index (χ2v) is 16.9. The third-order valence-corrected chi connectivity index (χ3v) is 13.1. The van der Waals surface area contributed by atoms with Crippen LogP contribution in [0.5, 0.6) is 0 Å². The van der Waals surface area contributed by atoms with Gasteiger partial charge in [0.15, 0.2) is 0 Å². The van der Waals surface area contributed by atoms with E-state index < -0.39 is 0 Å². The van der Waals surface area contributed by atoms with Crippen molar-refractivity contribution in [1.82, 2.24) is 4.57 Å². The molecule has 0 radical (unpaired) electrons. The molecule has 3 nitrogen and oxygen atoms in total. The highest BCUT2D eigenvalue weighted by atomic mass is 16.3. The van der Waals surface area contributed by atoms with E-state index in [1.54, 1.807) is 0 Å². The summed E-state index contributed by atoms with van der Waals surface area (Å²) >= 11 is 0. The average molecular weight is 829 g/mol. The SMILES string of the molecule is c1ccc(-n2c3ccccc3c3cc(-c4cc(-c5cccc6c5oc5ccccc56)cc(N(c5ccc(-c6cccc7ccccc67)cc5)c5cccc6ccccc56)c4)ccc32)cc1. The van der Waals surface area contributed by atoms with E-state index in [1.165, 1.54) is 54.5 Å². The van der Waals surface area contributed by atoms with Crippen molar-refractivity contribution in [2.24, 2.45) is 0 Å². The first-order valence-corrected chi connectivity index (χ1v) is 22.2. The van der Waals surface area contributed by atoms with E-state index >= 15 is 0 Å². The Labute approximate surface area is 376 Å². The number of furan rings is 1. The Morgan fingerprint density at radius 3 is 1.77 bits per heavy atom. The highest BCUT2D eigenvalue weighted by Gasteiger charge is 2.21. The monoisotopic (exact) mass is 828 g/mol. The Kier molecular flexibility index (Phi) is 8.53. The van der Waals surface area contributed by atoms with Crippen LogP contribution in [0.15, 0.2) is 247 Å². The predicted octanol–water partition coefficient (Wildman–Crippen LogP) is 17.5. The molecule has 13 rings (SSSR count). The lowest BCUT2D eigenvalue weighted by atomic mass is 9.95. The van der Waals surface area contributed by atoms with Gasteiger partial charge in [0, 0.05) is 49.6 Å². The highest BCUT2D eigenvalue weighted by Crippen LogP contribution is 2.45. The third kappa shape index (κ3) is 6.12. The average Bonchev–Trinajstić information content (AvgIpc) is 3.92. The molecule has 0 aliphatic heterocycles. The van der Waals surface area contributed by atoms with E-state index in [2.05, 4.69) is 246 Å². The molecular formula is C62H40N2O. The molecule has 0 unspecified atom stereocenters. The Bertz CT molecular complexity index is 3940. The Balaban J connectivity index is 1.06. The van der Waals surface area contributed by atoms with Gasteiger partial charge in [0.05, 0.1) is 16.7 Å². The van der Waals surface area contributed by atoms with Crippen LogP contribution in [-0.4, -0.2) is 4.57 Å². The third-order valence-electron chi connectivity index (χ3n) is 13.1. The number of hydrogen-bond acceptors (Lipinski definition) is 2. The lowest BCUT2D eigenvalue weighted by molar-refractivity contribution is 0.670. The van der Waals surface area contributed by atoms with Gasteiger partial charge in [-0.15, -0.1) is 0 Å². The van der Waals surface area contributed by atoms with E-state index in [9.17, 15) is 0 Å². The van der Waals surface area contributed by atoms with E-state index in [1.807, 2.05) is 6.07 Å². The van der Waals surface area contributed by atoms with Crippen molar-refractivity contribution >= 4 is 82.4 Å². The fraction of sp³-hybridized carbons (Fsp3) is 0. The number of fused-ring (bicyclic) bond motifs is 8. The molecule has 11 aromatic carbocycles. The van der Waals surface area contributed by atoms with E-state index in [0.717, 1.165) is 66.9 Å². The normalized spacial score (nSPS) is 11.7. The minimum Gasteiger partial charge on any atom is -0.455 e. The number of benzene rings is 11. The predicted molar refractivity (Wildman–Crippen MR) is 274 cm³/mol. The molecule has 0 aliphatic rings. The van der Waals surface area contributed by atoms with Gasteiger partial charge in [0.25, 0.3) is 0 Å². The van der Waals surface area contributed by atoms with E-state index in [0.29, 0.717) is 0 Å². The maximum absolute atomic E-state index is 6.73. The Morgan fingerprint density at radius 1 is 0.323 bits per heavy atom. The summed E-state index contributed by atoms with van der Waals surface area (Å²) in [4.78, 5) is 2.43. The van der Waals surface area contributed by atoms with E-state index in [-0.39, 0.29) is 0 Å². The van der Waals surface area contributed by atoms with Crippen LogP contribution in [0.25, 0.3) is 104 Å². The maximum Gasteiger partial charge on any atom is 0.143 e. The summed E-state index contributed by atoms with van der Waals surface area (Å²) in [5.74, 6) is 0. The van der Waals surface area contributed by atoms with Gasteiger partial charge in [-0.25, -0.2) is 0 Å². The molecule has 0 fully saturated rings. The number of para-hydroxylation sites is 4. The van der Waals surface area contributed by atoms with Gasteiger partial charge in [-0.1, -0.05) is 170 Å². The molecule has 65 heavy (non-hydrogen) atoms. The van der Waals surface area contributed by atoms with E-state index in [4.69, 9.17) is 4.42 Å². The molecule has 0 aliphatic carbocycles. The van der Waals surface area contributed by atoms with Crippen molar-refractivity contribution in [1.29, 1.82) is 0 Å². The summed E-state index contributed by atoms with van der Waals surface area (Å²) in [6.07, 6.45) is 0. The van der Waals surface area contributed by atoms with Gasteiger partial charge >= 0.3 is 0 Å². The molecule has 0 saturated carbocycles. The summed E-state index contributed by atoms with van der Waals surface area (Å²) in [5, 5.41) is 9.50. The van der Waals surface area contributed by atoms with Crippen molar-refractivity contribution in [3.63, 3.8) is 0 Å². The Morgan fingerprint density at radius 2 is 0.923 bits per heavy atom. The molecule has 0 amide bonds. The molecule has 3 heteroatoms. The Hall–Kier alpha value is -8.66. The largest absolute Gasteiger partial charge is 0.455 e. The maximum atomic E-state index is 6.73. The highest BCUT2D eigenvalue weighted by molar-refractivity contribution is 6.12. The minimum atomic E-state index is 0.884. The number of aromatic nitrogens is 1. The van der Waals surface area contributed by atoms with Crippen molar-refractivity contribution in [3.8, 4) is 39.1 Å². The lowest BCUT2D eigenvalue weighted by Crippen LogP contribution is -2.11. The standard InChI is InChI=1S/C62H40N2O/c1-2-19-47(20-3-1)64-59-28-10-8-23-54(59)57-40-44(33-36-60(57)64)45-37-46(53-26-14-27-56-55-24-9-11-30-61(55)65-62(53)56)39-49(38-45)63(58-29-13-18-42-16-5-7-22-52(42)58)48-34-31-43(32-35-48)51-25-12-17-41-15-4-6-21-50(41)51/h1-40H. The molecule has 2 heterocycles. The van der Waals surface area contributed by atoms with Crippen LogP contribution in [0.2, 0.25) is 0 Å². The van der Waals surface area contributed by atoms with Crippen molar-refractivity contribution in [3.05, 3.63) is 243 Å². The van der Waals surface area contributed by atoms with Crippen LogP contribution in [0.3, 0.4) is 0 Å². The van der Waals surface area contributed by atoms with Gasteiger partial charge in [-0.2, -0.15) is 0 Å². The minimum absolute atomic E-state index is 0.884. The van der Waals surface area contributed by atoms with Crippen LogP contribution in [0, 0.1) is 0 Å². The number of hydrogen-bond donors (Lipinski definition) is 0. The molecule has 0 spiro atoms. The molecular weight excluding hydrogens is 789 g/mol. The van der Waals surface area contributed by atoms with Crippen molar-refractivity contribution in [2.75, 3.05) is 4.90 Å². The van der Waals surface area contributed by atoms with Crippen LogP contribution in [-0.2, 0) is 0 Å². The second kappa shape index (κ2) is 15.0. The second-order valence-electron chi connectivity index (χ2n) is 16.9. The molecule has 13 aromatic rings. The number of rotatable bonds is 7. The van der Waals surface area contributed by atoms with Crippen molar-refractivity contribution < 1.29 is 4.42 Å². The molecule has 304 valence electrons. The first kappa shape index (κ1) is 36.9. The van der Waals surface area contributed by atoms with Gasteiger partial charge < -0.3 is 13.9 Å². The first-order valence-electron chi connectivity index (χ1n) is 22.2. The van der Waals surface area contributed by atoms with Gasteiger partial charge in [0.2, 0.25) is 0 Å². The summed E-state index contributed by atoms with van der Waals surface area (Å²) in [6, 6.07) is 87.9. The number of nitrogens with zero attached hydrogens (tertiary/aromatic N) is 2. The molecule has 0 N–H and O–H groups in total. The number of anilines is 3. The summed E-state index contributed by atoms with van der Waals surface area (Å²) in [5.41, 5.74) is 15.3. The zero-order valence-corrected chi connectivity index (χ0v) is 35.4. The van der Waals surface area contributed by atoms with Gasteiger partial charge in [-0.05, 0) is 117 Å². The zero-order chi connectivity index (χ0) is 42.8. The van der Waals surface area contributed by atoms with Crippen LogP contribution in [0.4, 0.5) is 17.1 Å². The zero-order valence-electron chi connectivity index (χ0n) is 35.4. The fourth-order valence-corrected chi connectivity index (χ4v) is 10.1. The first-order chi connectivity index (χ1) is 32.2. The van der Waals surface area contributed by atoms with Gasteiger partial charge in [0.1, 0.15) is 11.2 Å². The van der Waals surface area contributed by atoms with Crippen molar-refractivity contribution in [2.45, 2.75) is 0 Å². The molecule has 0 atom stereocenters. The van der Waals surface area contributed by atoms with Crippen LogP contribution < -0.4 is 4.90 Å². The molecule has 0 saturated heterocycles. The molecule has 2 aromatic heterocycles. The summed E-state index contributed by atoms with van der Waals surface area (Å²) in [7, 11) is 0. The summed E-state index contributed by atoms with van der Waals surface area (Å²) in [6.45, 7) is 0. The molecule has 0 bridgehead atoms. The lowest BCUT2D eigenvalue weighted by Gasteiger charge is -2.28. The topological polar surface area (TPSA) is 21.3 Å². The fourth-order valence-electron chi connectivity index (χ4n) is 10.1. The van der Waals surface area contributed by atoms with Crippen LogP contribution >= 0.6 is 0 Å². The smallest absolute Gasteiger partial charge is 0.143 e. The quantitative estimate of drug-likeness (QED) is 0.160.